The molecule has 0 aromatic heterocycles. The predicted octanol–water partition coefficient (Wildman–Crippen LogP) is 2.35. The summed E-state index contributed by atoms with van der Waals surface area (Å²) >= 11 is 0. The van der Waals surface area contributed by atoms with Gasteiger partial charge < -0.3 is 4.90 Å². The van der Waals surface area contributed by atoms with E-state index in [1.165, 1.54) is 18.5 Å². The van der Waals surface area contributed by atoms with Gasteiger partial charge in [-0.15, -0.1) is 0 Å². The van der Waals surface area contributed by atoms with Gasteiger partial charge in [0, 0.05) is 19.2 Å². The summed E-state index contributed by atoms with van der Waals surface area (Å²) in [6, 6.07) is 0.182. The third-order valence-electron chi connectivity index (χ3n) is 3.44. The van der Waals surface area contributed by atoms with Gasteiger partial charge in [-0.3, -0.25) is 4.79 Å². The molecule has 14 heavy (non-hydrogen) atoms. The van der Waals surface area contributed by atoms with Crippen molar-refractivity contribution in [1.82, 2.24) is 4.90 Å². The number of hydrogen-bond donors (Lipinski definition) is 0. The van der Waals surface area contributed by atoms with Gasteiger partial charge in [-0.05, 0) is 38.5 Å². The van der Waals surface area contributed by atoms with E-state index >= 15 is 0 Å². The molecule has 2 rings (SSSR count). The zero-order chi connectivity index (χ0) is 10.1. The molecule has 2 nitrogen and oxygen atoms in total. The number of carbonyl (C=O) groups is 1. The summed E-state index contributed by atoms with van der Waals surface area (Å²) in [6.45, 7) is 2.09. The van der Waals surface area contributed by atoms with Crippen LogP contribution in [0.2, 0.25) is 0 Å². The Balaban J connectivity index is 2.05. The van der Waals surface area contributed by atoms with E-state index in [0.717, 1.165) is 25.2 Å². The van der Waals surface area contributed by atoms with Gasteiger partial charge in [0.25, 0.3) is 0 Å². The molecule has 78 valence electrons. The molecular weight excluding hydrogens is 174 g/mol. The summed E-state index contributed by atoms with van der Waals surface area (Å²) < 4.78 is 0. The molecule has 2 fully saturated rings. The van der Waals surface area contributed by atoms with Crippen molar-refractivity contribution in [2.45, 2.75) is 45.1 Å². The Morgan fingerprint density at radius 3 is 2.57 bits per heavy atom. The highest BCUT2D eigenvalue weighted by Gasteiger charge is 2.34. The molecule has 2 saturated carbocycles. The lowest BCUT2D eigenvalue weighted by Gasteiger charge is -2.28. The molecule has 0 unspecified atom stereocenters. The molecular formula is C12H19NO. The molecule has 0 heterocycles. The smallest absolute Gasteiger partial charge is 0.155 e. The van der Waals surface area contributed by atoms with Crippen LogP contribution in [0, 0.1) is 5.92 Å². The number of Topliss-reactive ketones (excluding diaryl/α,β-unsaturated/α-hetero) is 1. The summed E-state index contributed by atoms with van der Waals surface area (Å²) in [5.41, 5.74) is 1.39. The fraction of sp³-hybridized carbons (Fsp3) is 0.750. The minimum atomic E-state index is 0.182. The number of nitrogens with zero attached hydrogens (tertiary/aromatic N) is 1. The van der Waals surface area contributed by atoms with Crippen molar-refractivity contribution < 1.29 is 4.79 Å². The molecule has 2 heteroatoms. The van der Waals surface area contributed by atoms with E-state index in [0.29, 0.717) is 5.78 Å². The standard InChI is InChI=1S/C12H19NO/c1-3-10(9-7-8-9)13(2)11-5-4-6-12(11)14/h3,9,11H,4-8H2,1-2H3/b10-3-/t11-/m1/s1. The quantitative estimate of drug-likeness (QED) is 0.685. The normalized spacial score (nSPS) is 28.3. The first-order valence-corrected chi connectivity index (χ1v) is 5.65. The Hall–Kier alpha value is -0.790. The Labute approximate surface area is 86.0 Å². The van der Waals surface area contributed by atoms with Crippen molar-refractivity contribution >= 4 is 5.78 Å². The topological polar surface area (TPSA) is 20.3 Å². The number of hydrogen-bond acceptors (Lipinski definition) is 2. The zero-order valence-corrected chi connectivity index (χ0v) is 9.12. The molecule has 2 aliphatic carbocycles. The Bertz CT molecular complexity index is 265. The lowest BCUT2D eigenvalue weighted by atomic mass is 10.1. The van der Waals surface area contributed by atoms with Gasteiger partial charge in [0.1, 0.15) is 0 Å². The minimum Gasteiger partial charge on any atom is -0.368 e. The molecule has 2 aliphatic rings. The first kappa shape index (κ1) is 9.75. The number of allylic oxidation sites excluding steroid dienone is 2. The summed E-state index contributed by atoms with van der Waals surface area (Å²) in [6.07, 6.45) is 7.73. The van der Waals surface area contributed by atoms with Crippen LogP contribution in [0.3, 0.4) is 0 Å². The third-order valence-corrected chi connectivity index (χ3v) is 3.44. The fourth-order valence-corrected chi connectivity index (χ4v) is 2.49. The van der Waals surface area contributed by atoms with E-state index in [4.69, 9.17) is 0 Å². The Morgan fingerprint density at radius 2 is 2.14 bits per heavy atom. The molecule has 0 aliphatic heterocycles. The van der Waals surface area contributed by atoms with Crippen LogP contribution in [0.15, 0.2) is 11.8 Å². The molecule has 0 spiro atoms. The summed E-state index contributed by atoms with van der Waals surface area (Å²) in [5, 5.41) is 0. The van der Waals surface area contributed by atoms with Crippen molar-refractivity contribution in [3.05, 3.63) is 11.8 Å². The second kappa shape index (κ2) is 3.76. The van der Waals surface area contributed by atoms with Gasteiger partial charge in [-0.25, -0.2) is 0 Å². The van der Waals surface area contributed by atoms with Gasteiger partial charge >= 0.3 is 0 Å². The predicted molar refractivity (Wildman–Crippen MR) is 56.9 cm³/mol. The summed E-state index contributed by atoms with van der Waals surface area (Å²) in [4.78, 5) is 13.8. The van der Waals surface area contributed by atoms with Crippen LogP contribution in [0.4, 0.5) is 0 Å². The molecule has 0 aromatic rings. The maximum atomic E-state index is 11.6. The van der Waals surface area contributed by atoms with Crippen molar-refractivity contribution in [2.75, 3.05) is 7.05 Å². The first-order valence-electron chi connectivity index (χ1n) is 5.65. The molecule has 0 radical (unpaired) electrons. The minimum absolute atomic E-state index is 0.182. The van der Waals surface area contributed by atoms with Crippen LogP contribution >= 0.6 is 0 Å². The maximum Gasteiger partial charge on any atom is 0.155 e. The van der Waals surface area contributed by atoms with Crippen LogP contribution in [-0.4, -0.2) is 23.8 Å². The SMILES string of the molecule is C/C=C(/C1CC1)N(C)[C@@H]1CCCC1=O. The highest BCUT2D eigenvalue weighted by atomic mass is 16.1. The zero-order valence-electron chi connectivity index (χ0n) is 9.12. The van der Waals surface area contributed by atoms with Crippen molar-refractivity contribution in [1.29, 1.82) is 0 Å². The largest absolute Gasteiger partial charge is 0.368 e. The average molecular weight is 193 g/mol. The highest BCUT2D eigenvalue weighted by Crippen LogP contribution is 2.39. The fourth-order valence-electron chi connectivity index (χ4n) is 2.49. The molecule has 1 atom stereocenters. The van der Waals surface area contributed by atoms with Gasteiger partial charge in [0.15, 0.2) is 5.78 Å². The highest BCUT2D eigenvalue weighted by molar-refractivity contribution is 5.86. The molecule has 0 N–H and O–H groups in total. The van der Waals surface area contributed by atoms with Gasteiger partial charge in [-0.2, -0.15) is 0 Å². The number of rotatable bonds is 3. The Morgan fingerprint density at radius 1 is 1.43 bits per heavy atom. The van der Waals surface area contributed by atoms with Crippen LogP contribution in [0.25, 0.3) is 0 Å². The summed E-state index contributed by atoms with van der Waals surface area (Å²) in [5.74, 6) is 1.19. The third kappa shape index (κ3) is 1.70. The van der Waals surface area contributed by atoms with Crippen molar-refractivity contribution in [3.63, 3.8) is 0 Å². The van der Waals surface area contributed by atoms with E-state index in [-0.39, 0.29) is 6.04 Å². The van der Waals surface area contributed by atoms with Gasteiger partial charge in [0.2, 0.25) is 0 Å². The number of ketones is 1. The number of carbonyl (C=O) groups excluding carboxylic acids is 1. The molecule has 0 bridgehead atoms. The van der Waals surface area contributed by atoms with Crippen molar-refractivity contribution in [2.24, 2.45) is 5.92 Å². The molecule has 0 aromatic carbocycles. The van der Waals surface area contributed by atoms with E-state index in [2.05, 4.69) is 24.9 Å². The van der Waals surface area contributed by atoms with Crippen LogP contribution in [-0.2, 0) is 4.79 Å². The van der Waals surface area contributed by atoms with Crippen LogP contribution in [0.1, 0.15) is 39.0 Å². The average Bonchev–Trinajstić information content (AvgIpc) is 2.90. The van der Waals surface area contributed by atoms with Crippen molar-refractivity contribution in [3.8, 4) is 0 Å². The van der Waals surface area contributed by atoms with Gasteiger partial charge in [-0.1, -0.05) is 6.08 Å². The second-order valence-corrected chi connectivity index (χ2v) is 4.47. The van der Waals surface area contributed by atoms with E-state index < -0.39 is 0 Å². The van der Waals surface area contributed by atoms with Gasteiger partial charge in [0.05, 0.1) is 6.04 Å². The molecule has 0 saturated heterocycles. The van der Waals surface area contributed by atoms with E-state index in [9.17, 15) is 4.79 Å². The second-order valence-electron chi connectivity index (χ2n) is 4.47. The van der Waals surface area contributed by atoms with E-state index in [1.54, 1.807) is 0 Å². The van der Waals surface area contributed by atoms with Crippen LogP contribution < -0.4 is 0 Å². The van der Waals surface area contributed by atoms with Crippen LogP contribution in [0.5, 0.6) is 0 Å². The maximum absolute atomic E-state index is 11.6. The first-order chi connectivity index (χ1) is 6.74. The lowest BCUT2D eigenvalue weighted by Crippen LogP contribution is -2.34. The monoisotopic (exact) mass is 193 g/mol. The Kier molecular flexibility index (Phi) is 2.62. The number of likely N-dealkylation sites (N-methyl/N-ethyl adjacent to an activating group) is 1. The molecule has 0 amide bonds. The summed E-state index contributed by atoms with van der Waals surface area (Å²) in [7, 11) is 2.08. The lowest BCUT2D eigenvalue weighted by molar-refractivity contribution is -0.121. The van der Waals surface area contributed by atoms with E-state index in [1.807, 2.05) is 0 Å².